The van der Waals surface area contributed by atoms with Gasteiger partial charge in [-0.15, -0.1) is 0 Å². The molecule has 94 valence electrons. The van der Waals surface area contributed by atoms with Crippen LogP contribution in [0.5, 0.6) is 0 Å². The van der Waals surface area contributed by atoms with E-state index >= 15 is 0 Å². The molecular weight excluding hydrogens is 314 g/mol. The van der Waals surface area contributed by atoms with Crippen LogP contribution in [-0.2, 0) is 0 Å². The maximum Gasteiger partial charge on any atom is 0.107 e. The third kappa shape index (κ3) is 2.93. The molecule has 0 aliphatic heterocycles. The van der Waals surface area contributed by atoms with Crippen molar-refractivity contribution in [3.8, 4) is 0 Å². The minimum absolute atomic E-state index is 0.381. The molecule has 0 saturated carbocycles. The van der Waals surface area contributed by atoms with Crippen LogP contribution in [0, 0.1) is 0 Å². The fraction of sp³-hybridized carbons (Fsp3) is 0.0769. The van der Waals surface area contributed by atoms with E-state index in [4.69, 9.17) is 46.4 Å². The Morgan fingerprint density at radius 1 is 0.722 bits per heavy atom. The lowest BCUT2D eigenvalue weighted by molar-refractivity contribution is 0.220. The van der Waals surface area contributed by atoms with E-state index in [0.717, 1.165) is 0 Å². The highest BCUT2D eigenvalue weighted by Gasteiger charge is 2.17. The standard InChI is InChI=1S/C13H8Cl4O/c14-7-2-4-11(16)10(5-7)13(18)9-3-1-8(15)6-12(9)17/h1-6,13,18H. The third-order valence-electron chi connectivity index (χ3n) is 2.51. The van der Waals surface area contributed by atoms with Gasteiger partial charge in [-0.2, -0.15) is 0 Å². The zero-order chi connectivity index (χ0) is 13.3. The van der Waals surface area contributed by atoms with Crippen molar-refractivity contribution in [2.24, 2.45) is 0 Å². The van der Waals surface area contributed by atoms with Crippen molar-refractivity contribution in [3.05, 3.63) is 67.6 Å². The fourth-order valence-electron chi connectivity index (χ4n) is 1.61. The summed E-state index contributed by atoms with van der Waals surface area (Å²) in [6.07, 6.45) is -0.944. The molecule has 18 heavy (non-hydrogen) atoms. The van der Waals surface area contributed by atoms with E-state index in [1.165, 1.54) is 0 Å². The molecule has 2 aromatic rings. The minimum Gasteiger partial charge on any atom is -0.384 e. The summed E-state index contributed by atoms with van der Waals surface area (Å²) in [5.41, 5.74) is 1.04. The van der Waals surface area contributed by atoms with E-state index < -0.39 is 6.10 Å². The minimum atomic E-state index is -0.944. The number of hydrogen-bond donors (Lipinski definition) is 1. The van der Waals surface area contributed by atoms with E-state index in [1.54, 1.807) is 36.4 Å². The lowest BCUT2D eigenvalue weighted by Gasteiger charge is -2.15. The number of aliphatic hydroxyl groups is 1. The lowest BCUT2D eigenvalue weighted by atomic mass is 10.0. The van der Waals surface area contributed by atoms with Crippen LogP contribution in [0.4, 0.5) is 0 Å². The maximum atomic E-state index is 10.3. The quantitative estimate of drug-likeness (QED) is 0.787. The van der Waals surface area contributed by atoms with E-state index in [0.29, 0.717) is 31.2 Å². The Balaban J connectivity index is 2.47. The Kier molecular flexibility index (Phi) is 4.41. The summed E-state index contributed by atoms with van der Waals surface area (Å²) >= 11 is 23.8. The SMILES string of the molecule is OC(c1ccc(Cl)cc1Cl)c1cc(Cl)ccc1Cl. The van der Waals surface area contributed by atoms with Gasteiger partial charge >= 0.3 is 0 Å². The van der Waals surface area contributed by atoms with E-state index in [1.807, 2.05) is 0 Å². The molecule has 2 rings (SSSR count). The van der Waals surface area contributed by atoms with Crippen LogP contribution < -0.4 is 0 Å². The smallest absolute Gasteiger partial charge is 0.107 e. The normalized spacial score (nSPS) is 12.5. The predicted octanol–water partition coefficient (Wildman–Crippen LogP) is 5.38. The Bertz CT molecular complexity index is 583. The van der Waals surface area contributed by atoms with Crippen molar-refractivity contribution in [3.63, 3.8) is 0 Å². The van der Waals surface area contributed by atoms with Crippen LogP contribution in [0.25, 0.3) is 0 Å². The van der Waals surface area contributed by atoms with Gasteiger partial charge in [0.25, 0.3) is 0 Å². The maximum absolute atomic E-state index is 10.3. The van der Waals surface area contributed by atoms with Crippen molar-refractivity contribution >= 4 is 46.4 Å². The number of hydrogen-bond acceptors (Lipinski definition) is 1. The highest BCUT2D eigenvalue weighted by atomic mass is 35.5. The number of halogens is 4. The summed E-state index contributed by atoms with van der Waals surface area (Å²) in [7, 11) is 0. The summed E-state index contributed by atoms with van der Waals surface area (Å²) in [6, 6.07) is 9.78. The molecule has 0 aromatic heterocycles. The lowest BCUT2D eigenvalue weighted by Crippen LogP contribution is -2.01. The van der Waals surface area contributed by atoms with Crippen LogP contribution in [0.1, 0.15) is 17.2 Å². The predicted molar refractivity (Wildman–Crippen MR) is 77.0 cm³/mol. The van der Waals surface area contributed by atoms with Gasteiger partial charge in [0, 0.05) is 31.2 Å². The largest absolute Gasteiger partial charge is 0.384 e. The second kappa shape index (κ2) is 5.68. The molecule has 0 amide bonds. The van der Waals surface area contributed by atoms with Gasteiger partial charge in [-0.3, -0.25) is 0 Å². The topological polar surface area (TPSA) is 20.2 Å². The van der Waals surface area contributed by atoms with E-state index in [-0.39, 0.29) is 0 Å². The molecule has 1 nitrogen and oxygen atoms in total. The average Bonchev–Trinajstić information content (AvgIpc) is 2.31. The van der Waals surface area contributed by atoms with E-state index in [2.05, 4.69) is 0 Å². The Morgan fingerprint density at radius 3 is 2.00 bits per heavy atom. The first-order valence-electron chi connectivity index (χ1n) is 5.07. The number of benzene rings is 2. The first kappa shape index (κ1) is 14.0. The highest BCUT2D eigenvalue weighted by Crippen LogP contribution is 2.34. The second-order valence-corrected chi connectivity index (χ2v) is 5.42. The van der Waals surface area contributed by atoms with Crippen molar-refractivity contribution in [1.29, 1.82) is 0 Å². The first-order valence-corrected chi connectivity index (χ1v) is 6.58. The van der Waals surface area contributed by atoms with Crippen molar-refractivity contribution in [1.82, 2.24) is 0 Å². The Morgan fingerprint density at radius 2 is 1.33 bits per heavy atom. The molecule has 1 unspecified atom stereocenters. The fourth-order valence-corrected chi connectivity index (χ4v) is 2.53. The zero-order valence-electron chi connectivity index (χ0n) is 9.00. The highest BCUT2D eigenvalue weighted by molar-refractivity contribution is 6.35. The summed E-state index contributed by atoms with van der Waals surface area (Å²) in [6.45, 7) is 0. The van der Waals surface area contributed by atoms with Gasteiger partial charge in [0.1, 0.15) is 6.10 Å². The van der Waals surface area contributed by atoms with E-state index in [9.17, 15) is 5.11 Å². The number of rotatable bonds is 2. The molecule has 2 aromatic carbocycles. The molecule has 0 radical (unpaired) electrons. The van der Waals surface area contributed by atoms with Gasteiger partial charge in [0.2, 0.25) is 0 Å². The molecule has 0 spiro atoms. The molecule has 5 heteroatoms. The van der Waals surface area contributed by atoms with Crippen LogP contribution in [0.15, 0.2) is 36.4 Å². The van der Waals surface area contributed by atoms with Gasteiger partial charge in [0.05, 0.1) is 0 Å². The first-order chi connectivity index (χ1) is 8.49. The summed E-state index contributed by atoms with van der Waals surface area (Å²) in [5.74, 6) is 0. The molecular formula is C13H8Cl4O. The van der Waals surface area contributed by atoms with Crippen LogP contribution in [0.3, 0.4) is 0 Å². The van der Waals surface area contributed by atoms with Gasteiger partial charge < -0.3 is 5.11 Å². The molecule has 0 aliphatic rings. The molecule has 0 saturated heterocycles. The third-order valence-corrected chi connectivity index (χ3v) is 3.65. The van der Waals surface area contributed by atoms with Gasteiger partial charge in [-0.05, 0) is 30.3 Å². The molecule has 0 fully saturated rings. The Hall–Kier alpha value is -0.440. The molecule has 0 bridgehead atoms. The zero-order valence-corrected chi connectivity index (χ0v) is 12.0. The number of aliphatic hydroxyl groups excluding tert-OH is 1. The van der Waals surface area contributed by atoms with Crippen molar-refractivity contribution < 1.29 is 5.11 Å². The monoisotopic (exact) mass is 320 g/mol. The molecule has 1 N–H and O–H groups in total. The van der Waals surface area contributed by atoms with Crippen molar-refractivity contribution in [2.45, 2.75) is 6.10 Å². The summed E-state index contributed by atoms with van der Waals surface area (Å²) < 4.78 is 0. The molecule has 1 atom stereocenters. The van der Waals surface area contributed by atoms with Gasteiger partial charge in [-0.1, -0.05) is 52.5 Å². The van der Waals surface area contributed by atoms with Gasteiger partial charge in [-0.25, -0.2) is 0 Å². The second-order valence-electron chi connectivity index (χ2n) is 3.73. The van der Waals surface area contributed by atoms with Crippen LogP contribution in [0.2, 0.25) is 20.1 Å². The average molecular weight is 322 g/mol. The van der Waals surface area contributed by atoms with Gasteiger partial charge in [0.15, 0.2) is 0 Å². The molecule has 0 heterocycles. The van der Waals surface area contributed by atoms with Crippen LogP contribution >= 0.6 is 46.4 Å². The Labute approximate surface area is 125 Å². The summed E-state index contributed by atoms with van der Waals surface area (Å²) in [4.78, 5) is 0. The summed E-state index contributed by atoms with van der Waals surface area (Å²) in [5, 5.41) is 12.1. The van der Waals surface area contributed by atoms with Crippen molar-refractivity contribution in [2.75, 3.05) is 0 Å². The molecule has 0 aliphatic carbocycles. The van der Waals surface area contributed by atoms with Crippen LogP contribution in [-0.4, -0.2) is 5.11 Å².